The normalized spacial score (nSPS) is 28.3. The van der Waals surface area contributed by atoms with Crippen molar-refractivity contribution in [2.24, 2.45) is 23.2 Å². The standard InChI is InChI=1S/C23H31NO3/c1-14(22(25)26-2)21(16-4-5-16)17-6-3-15-7-8-19(27-20(15)9-17)18-10-23(11-18)12-24-13-23/h3,6,9,14,16,18-19,21,24H,4-5,7-8,10-13H2,1-2H3/t14-,19?,21-/m0/s1. The first-order valence-corrected chi connectivity index (χ1v) is 10.7. The van der Waals surface area contributed by atoms with Crippen LogP contribution >= 0.6 is 0 Å². The molecule has 1 aromatic rings. The molecular weight excluding hydrogens is 338 g/mol. The van der Waals surface area contributed by atoms with Crippen LogP contribution in [0.15, 0.2) is 18.2 Å². The number of benzene rings is 1. The number of carbonyl (C=O) groups excluding carboxylic acids is 1. The summed E-state index contributed by atoms with van der Waals surface area (Å²) in [5.41, 5.74) is 3.18. The Morgan fingerprint density at radius 3 is 2.67 bits per heavy atom. The molecule has 3 fully saturated rings. The fourth-order valence-corrected chi connectivity index (χ4v) is 5.79. The monoisotopic (exact) mass is 369 g/mol. The van der Waals surface area contributed by atoms with Crippen LogP contribution in [0.3, 0.4) is 0 Å². The lowest BCUT2D eigenvalue weighted by atomic mass is 9.56. The van der Waals surface area contributed by atoms with Gasteiger partial charge in [0, 0.05) is 13.1 Å². The third-order valence-electron chi connectivity index (χ3n) is 7.61. The number of carbonyl (C=O) groups is 1. The van der Waals surface area contributed by atoms with E-state index in [9.17, 15) is 4.79 Å². The summed E-state index contributed by atoms with van der Waals surface area (Å²) in [6.45, 7) is 4.41. The molecule has 0 amide bonds. The minimum Gasteiger partial charge on any atom is -0.490 e. The van der Waals surface area contributed by atoms with Gasteiger partial charge in [0.25, 0.3) is 0 Å². The Morgan fingerprint density at radius 2 is 2.04 bits per heavy atom. The minimum absolute atomic E-state index is 0.0995. The Kier molecular flexibility index (Phi) is 4.23. The van der Waals surface area contributed by atoms with Gasteiger partial charge in [0.15, 0.2) is 0 Å². The molecule has 1 saturated heterocycles. The van der Waals surface area contributed by atoms with Gasteiger partial charge in [-0.3, -0.25) is 4.79 Å². The molecule has 146 valence electrons. The average molecular weight is 370 g/mol. The second-order valence-corrected chi connectivity index (χ2v) is 9.51. The zero-order chi connectivity index (χ0) is 18.6. The lowest BCUT2D eigenvalue weighted by molar-refractivity contribution is -0.145. The third-order valence-corrected chi connectivity index (χ3v) is 7.61. The van der Waals surface area contributed by atoms with Crippen molar-refractivity contribution >= 4 is 5.97 Å². The van der Waals surface area contributed by atoms with Crippen LogP contribution in [0.4, 0.5) is 0 Å². The van der Waals surface area contributed by atoms with Gasteiger partial charge in [-0.1, -0.05) is 19.1 Å². The summed E-state index contributed by atoms with van der Waals surface area (Å²) in [5.74, 6) is 2.44. The first-order chi connectivity index (χ1) is 13.1. The molecule has 4 aliphatic rings. The topological polar surface area (TPSA) is 47.6 Å². The number of hydrogen-bond donors (Lipinski definition) is 1. The van der Waals surface area contributed by atoms with E-state index in [1.807, 2.05) is 6.92 Å². The maximum absolute atomic E-state index is 12.2. The highest BCUT2D eigenvalue weighted by molar-refractivity contribution is 5.73. The van der Waals surface area contributed by atoms with E-state index in [1.54, 1.807) is 0 Å². The largest absolute Gasteiger partial charge is 0.490 e. The predicted molar refractivity (Wildman–Crippen MR) is 104 cm³/mol. The van der Waals surface area contributed by atoms with Gasteiger partial charge in [0.05, 0.1) is 13.0 Å². The van der Waals surface area contributed by atoms with Gasteiger partial charge in [0.1, 0.15) is 11.9 Å². The molecule has 0 aromatic heterocycles. The molecule has 5 rings (SSSR count). The van der Waals surface area contributed by atoms with Crippen molar-refractivity contribution in [3.05, 3.63) is 29.3 Å². The summed E-state index contributed by atoms with van der Waals surface area (Å²) in [5, 5.41) is 3.43. The lowest BCUT2D eigenvalue weighted by Crippen LogP contribution is -2.62. The summed E-state index contributed by atoms with van der Waals surface area (Å²) >= 11 is 0. The first-order valence-electron chi connectivity index (χ1n) is 10.7. The number of ether oxygens (including phenoxy) is 2. The highest BCUT2D eigenvalue weighted by atomic mass is 16.5. The quantitative estimate of drug-likeness (QED) is 0.805. The highest BCUT2D eigenvalue weighted by Gasteiger charge is 2.51. The summed E-state index contributed by atoms with van der Waals surface area (Å²) in [6, 6.07) is 6.70. The van der Waals surface area contributed by atoms with Gasteiger partial charge in [-0.25, -0.2) is 0 Å². The molecule has 2 heterocycles. The molecule has 1 N–H and O–H groups in total. The predicted octanol–water partition coefficient (Wildman–Crippen LogP) is 3.68. The van der Waals surface area contributed by atoms with E-state index < -0.39 is 0 Å². The molecule has 3 atom stereocenters. The van der Waals surface area contributed by atoms with Crippen molar-refractivity contribution in [3.8, 4) is 5.75 Å². The highest BCUT2D eigenvalue weighted by Crippen LogP contribution is 2.52. The van der Waals surface area contributed by atoms with Crippen molar-refractivity contribution in [1.82, 2.24) is 5.32 Å². The number of fused-ring (bicyclic) bond motifs is 1. The van der Waals surface area contributed by atoms with Crippen LogP contribution in [0.25, 0.3) is 0 Å². The van der Waals surface area contributed by atoms with Crippen LogP contribution in [-0.4, -0.2) is 32.3 Å². The third kappa shape index (κ3) is 3.06. The Morgan fingerprint density at radius 1 is 1.26 bits per heavy atom. The van der Waals surface area contributed by atoms with Crippen molar-refractivity contribution in [2.75, 3.05) is 20.2 Å². The summed E-state index contributed by atoms with van der Waals surface area (Å²) in [6.07, 6.45) is 7.70. The minimum atomic E-state index is -0.0997. The molecule has 2 saturated carbocycles. The van der Waals surface area contributed by atoms with E-state index in [2.05, 4.69) is 23.5 Å². The molecule has 1 aromatic carbocycles. The second kappa shape index (κ2) is 6.51. The second-order valence-electron chi connectivity index (χ2n) is 9.51. The van der Waals surface area contributed by atoms with Crippen molar-refractivity contribution in [1.29, 1.82) is 0 Å². The maximum Gasteiger partial charge on any atom is 0.309 e. The summed E-state index contributed by atoms with van der Waals surface area (Å²) in [4.78, 5) is 12.2. The molecule has 1 unspecified atom stereocenters. The molecular formula is C23H31NO3. The van der Waals surface area contributed by atoms with E-state index in [-0.39, 0.29) is 17.8 Å². The molecule has 27 heavy (non-hydrogen) atoms. The van der Waals surface area contributed by atoms with Gasteiger partial charge in [-0.2, -0.15) is 0 Å². The molecule has 2 aliphatic heterocycles. The summed E-state index contributed by atoms with van der Waals surface area (Å²) < 4.78 is 11.6. The summed E-state index contributed by atoms with van der Waals surface area (Å²) in [7, 11) is 1.49. The van der Waals surface area contributed by atoms with Crippen LogP contribution in [0, 0.1) is 23.2 Å². The van der Waals surface area contributed by atoms with Crippen LogP contribution < -0.4 is 10.1 Å². The number of rotatable bonds is 5. The van der Waals surface area contributed by atoms with Crippen molar-refractivity contribution < 1.29 is 14.3 Å². The SMILES string of the molecule is COC(=O)[C@@H](C)[C@H](c1ccc2c(c1)OC(C1CC3(CNC3)C1)CC2)C1CC1. The number of esters is 1. The maximum atomic E-state index is 12.2. The van der Waals surface area contributed by atoms with E-state index in [1.165, 1.54) is 57.0 Å². The Hall–Kier alpha value is -1.55. The van der Waals surface area contributed by atoms with Crippen molar-refractivity contribution in [2.45, 2.75) is 57.5 Å². The fraction of sp³-hybridized carbons (Fsp3) is 0.696. The van der Waals surface area contributed by atoms with Crippen molar-refractivity contribution in [3.63, 3.8) is 0 Å². The van der Waals surface area contributed by atoms with Gasteiger partial charge >= 0.3 is 5.97 Å². The molecule has 2 aliphatic carbocycles. The van der Waals surface area contributed by atoms with Crippen LogP contribution in [0.5, 0.6) is 5.75 Å². The fourth-order valence-electron chi connectivity index (χ4n) is 5.79. The number of aryl methyl sites for hydroxylation is 1. The van der Waals surface area contributed by atoms with Crippen LogP contribution in [-0.2, 0) is 16.0 Å². The Bertz CT molecular complexity index is 729. The van der Waals surface area contributed by atoms with E-state index >= 15 is 0 Å². The Labute approximate surface area is 162 Å². The Balaban J connectivity index is 1.33. The number of hydrogen-bond acceptors (Lipinski definition) is 4. The van der Waals surface area contributed by atoms with E-state index in [4.69, 9.17) is 9.47 Å². The molecule has 0 radical (unpaired) electrons. The van der Waals surface area contributed by atoms with Gasteiger partial charge in [-0.15, -0.1) is 0 Å². The zero-order valence-electron chi connectivity index (χ0n) is 16.5. The number of methoxy groups -OCH3 is 1. The van der Waals surface area contributed by atoms with E-state index in [0.717, 1.165) is 24.5 Å². The molecule has 0 bridgehead atoms. The van der Waals surface area contributed by atoms with Gasteiger partial charge in [-0.05, 0) is 78.9 Å². The molecule has 4 heteroatoms. The zero-order valence-corrected chi connectivity index (χ0v) is 16.5. The smallest absolute Gasteiger partial charge is 0.309 e. The first kappa shape index (κ1) is 17.5. The van der Waals surface area contributed by atoms with Gasteiger partial charge in [0.2, 0.25) is 0 Å². The lowest BCUT2D eigenvalue weighted by Gasteiger charge is -2.56. The van der Waals surface area contributed by atoms with E-state index in [0.29, 0.717) is 17.4 Å². The van der Waals surface area contributed by atoms with Crippen LogP contribution in [0.2, 0.25) is 0 Å². The van der Waals surface area contributed by atoms with Gasteiger partial charge < -0.3 is 14.8 Å². The van der Waals surface area contributed by atoms with Crippen LogP contribution in [0.1, 0.15) is 56.1 Å². The average Bonchev–Trinajstić information content (AvgIpc) is 3.43. The molecule has 4 nitrogen and oxygen atoms in total. The number of nitrogens with one attached hydrogen (secondary N) is 1. The molecule has 1 spiro atoms.